The molecule has 1 aromatic rings. The first kappa shape index (κ1) is 15.0. The van der Waals surface area contributed by atoms with Gasteiger partial charge in [-0.25, -0.2) is 0 Å². The Labute approximate surface area is 123 Å². The smallest absolute Gasteiger partial charge is 0.316 e. The van der Waals surface area contributed by atoms with E-state index >= 15 is 0 Å². The molecule has 0 amide bonds. The van der Waals surface area contributed by atoms with Crippen LogP contribution in [0.3, 0.4) is 0 Å². The number of halogens is 1. The quantitative estimate of drug-likeness (QED) is 0.643. The maximum atomic E-state index is 12.5. The molecule has 110 valence electrons. The van der Waals surface area contributed by atoms with Crippen molar-refractivity contribution in [1.82, 2.24) is 15.1 Å². The molecule has 0 radical (unpaired) electrons. The van der Waals surface area contributed by atoms with Crippen molar-refractivity contribution in [2.45, 2.75) is 32.9 Å². The number of aryl methyl sites for hydroxylation is 1. The first-order valence-corrected chi connectivity index (χ1v) is 6.72. The molecule has 0 spiro atoms. The van der Waals surface area contributed by atoms with Crippen LogP contribution in [0.2, 0.25) is 0 Å². The molecule has 7 heteroatoms. The molecule has 2 aliphatic rings. The number of hydrogen-bond donors (Lipinski definition) is 1. The number of ether oxygens (including phenoxy) is 1. The SMILES string of the molecule is CCOC(=O)C1CCn2nc3c(c2C1=O)CNCC3.Cl. The molecule has 0 aromatic carbocycles. The summed E-state index contributed by atoms with van der Waals surface area (Å²) in [5, 5.41) is 7.73. The summed E-state index contributed by atoms with van der Waals surface area (Å²) in [7, 11) is 0. The highest BCUT2D eigenvalue weighted by Crippen LogP contribution is 2.27. The Hall–Kier alpha value is -1.40. The molecule has 1 unspecified atom stereocenters. The van der Waals surface area contributed by atoms with E-state index in [9.17, 15) is 9.59 Å². The zero-order chi connectivity index (χ0) is 13.4. The number of hydrogen-bond acceptors (Lipinski definition) is 5. The van der Waals surface area contributed by atoms with Gasteiger partial charge in [-0.3, -0.25) is 14.3 Å². The van der Waals surface area contributed by atoms with Gasteiger partial charge in [-0.1, -0.05) is 0 Å². The molecule has 20 heavy (non-hydrogen) atoms. The molecule has 0 bridgehead atoms. The van der Waals surface area contributed by atoms with Crippen molar-refractivity contribution in [1.29, 1.82) is 0 Å². The van der Waals surface area contributed by atoms with Crippen molar-refractivity contribution in [2.24, 2.45) is 5.92 Å². The lowest BCUT2D eigenvalue weighted by Gasteiger charge is -2.21. The van der Waals surface area contributed by atoms with Crippen LogP contribution in [0, 0.1) is 5.92 Å². The number of carbonyl (C=O) groups is 2. The summed E-state index contributed by atoms with van der Waals surface area (Å²) in [5.74, 6) is -1.20. The molecule has 2 aliphatic heterocycles. The zero-order valence-electron chi connectivity index (χ0n) is 11.3. The number of fused-ring (bicyclic) bond motifs is 3. The summed E-state index contributed by atoms with van der Waals surface area (Å²) in [6.45, 7) is 4.21. The van der Waals surface area contributed by atoms with Crippen LogP contribution in [-0.4, -0.2) is 34.7 Å². The van der Waals surface area contributed by atoms with Crippen LogP contribution in [0.25, 0.3) is 0 Å². The number of ketones is 1. The van der Waals surface area contributed by atoms with E-state index in [2.05, 4.69) is 10.4 Å². The fraction of sp³-hybridized carbons (Fsp3) is 0.615. The highest BCUT2D eigenvalue weighted by atomic mass is 35.5. The molecular formula is C13H18ClN3O3. The second-order valence-corrected chi connectivity index (χ2v) is 4.88. The molecule has 1 N–H and O–H groups in total. The number of nitrogens with zero attached hydrogens (tertiary/aromatic N) is 2. The number of esters is 1. The van der Waals surface area contributed by atoms with Gasteiger partial charge in [0.05, 0.1) is 12.3 Å². The monoisotopic (exact) mass is 299 g/mol. The van der Waals surface area contributed by atoms with Crippen LogP contribution in [-0.2, 0) is 29.0 Å². The third-order valence-electron chi connectivity index (χ3n) is 3.72. The van der Waals surface area contributed by atoms with Crippen molar-refractivity contribution in [3.63, 3.8) is 0 Å². The molecular weight excluding hydrogens is 282 g/mol. The van der Waals surface area contributed by atoms with Gasteiger partial charge in [-0.05, 0) is 13.3 Å². The minimum Gasteiger partial charge on any atom is -0.465 e. The molecule has 1 aromatic heterocycles. The van der Waals surface area contributed by atoms with Gasteiger partial charge in [0.15, 0.2) is 5.78 Å². The molecule has 6 nitrogen and oxygen atoms in total. The largest absolute Gasteiger partial charge is 0.465 e. The second kappa shape index (κ2) is 5.93. The summed E-state index contributed by atoms with van der Waals surface area (Å²) in [4.78, 5) is 24.3. The standard InChI is InChI=1S/C13H17N3O3.ClH/c1-2-19-13(18)8-4-6-16-11(12(8)17)9-7-14-5-3-10(9)15-16;/h8,14H,2-7H2,1H3;1H. The lowest BCUT2D eigenvalue weighted by atomic mass is 9.91. The minimum atomic E-state index is -0.657. The minimum absolute atomic E-state index is 0. The fourth-order valence-corrected chi connectivity index (χ4v) is 2.81. The third kappa shape index (κ3) is 2.33. The van der Waals surface area contributed by atoms with E-state index in [0.29, 0.717) is 31.8 Å². The normalized spacial score (nSPS) is 20.6. The predicted molar refractivity (Wildman–Crippen MR) is 74.0 cm³/mol. The maximum absolute atomic E-state index is 12.5. The van der Waals surface area contributed by atoms with E-state index in [-0.39, 0.29) is 18.2 Å². The van der Waals surface area contributed by atoms with Crippen molar-refractivity contribution in [3.8, 4) is 0 Å². The summed E-state index contributed by atoms with van der Waals surface area (Å²) >= 11 is 0. The Morgan fingerprint density at radius 3 is 3.10 bits per heavy atom. The fourth-order valence-electron chi connectivity index (χ4n) is 2.81. The van der Waals surface area contributed by atoms with Crippen LogP contribution in [0.5, 0.6) is 0 Å². The summed E-state index contributed by atoms with van der Waals surface area (Å²) < 4.78 is 6.74. The third-order valence-corrected chi connectivity index (χ3v) is 3.72. The number of carbonyl (C=O) groups excluding carboxylic acids is 2. The van der Waals surface area contributed by atoms with Crippen LogP contribution in [0.15, 0.2) is 0 Å². The highest BCUT2D eigenvalue weighted by molar-refractivity contribution is 6.09. The molecule has 3 rings (SSSR count). The molecule has 0 aliphatic carbocycles. The lowest BCUT2D eigenvalue weighted by molar-refractivity contribution is -0.146. The second-order valence-electron chi connectivity index (χ2n) is 4.88. The van der Waals surface area contributed by atoms with Crippen molar-refractivity contribution in [3.05, 3.63) is 17.0 Å². The number of aromatic nitrogens is 2. The van der Waals surface area contributed by atoms with E-state index in [1.54, 1.807) is 11.6 Å². The highest BCUT2D eigenvalue weighted by Gasteiger charge is 2.38. The van der Waals surface area contributed by atoms with Crippen molar-refractivity contribution in [2.75, 3.05) is 13.2 Å². The van der Waals surface area contributed by atoms with E-state index in [4.69, 9.17) is 4.74 Å². The van der Waals surface area contributed by atoms with E-state index < -0.39 is 11.9 Å². The number of nitrogens with one attached hydrogen (secondary N) is 1. The Bertz CT molecular complexity index is 541. The number of rotatable bonds is 2. The van der Waals surface area contributed by atoms with E-state index in [1.807, 2.05) is 0 Å². The molecule has 0 saturated carbocycles. The van der Waals surface area contributed by atoms with Crippen LogP contribution in [0.4, 0.5) is 0 Å². The van der Waals surface area contributed by atoms with Crippen LogP contribution >= 0.6 is 12.4 Å². The first-order chi connectivity index (χ1) is 9.22. The summed E-state index contributed by atoms with van der Waals surface area (Å²) in [5.41, 5.74) is 2.56. The zero-order valence-corrected chi connectivity index (χ0v) is 12.2. The van der Waals surface area contributed by atoms with Gasteiger partial charge in [-0.15, -0.1) is 12.4 Å². The molecule has 0 saturated heterocycles. The lowest BCUT2D eigenvalue weighted by Crippen LogP contribution is -2.35. The Morgan fingerprint density at radius 2 is 2.35 bits per heavy atom. The summed E-state index contributed by atoms with van der Waals surface area (Å²) in [6, 6.07) is 0. The average Bonchev–Trinajstić information content (AvgIpc) is 2.78. The van der Waals surface area contributed by atoms with E-state index in [0.717, 1.165) is 24.2 Å². The topological polar surface area (TPSA) is 73.2 Å². The van der Waals surface area contributed by atoms with Crippen molar-refractivity contribution < 1.29 is 14.3 Å². The Kier molecular flexibility index (Phi) is 4.45. The average molecular weight is 300 g/mol. The van der Waals surface area contributed by atoms with Gasteiger partial charge in [0, 0.05) is 31.6 Å². The number of Topliss-reactive ketones (excluding diaryl/α,β-unsaturated/α-hetero) is 1. The van der Waals surface area contributed by atoms with Crippen molar-refractivity contribution >= 4 is 24.2 Å². The van der Waals surface area contributed by atoms with Gasteiger partial charge < -0.3 is 10.1 Å². The molecule has 0 fully saturated rings. The van der Waals surface area contributed by atoms with Crippen LogP contribution < -0.4 is 5.32 Å². The summed E-state index contributed by atoms with van der Waals surface area (Å²) in [6.07, 6.45) is 1.32. The van der Waals surface area contributed by atoms with Gasteiger partial charge in [-0.2, -0.15) is 5.10 Å². The van der Waals surface area contributed by atoms with Gasteiger partial charge in [0.2, 0.25) is 0 Å². The van der Waals surface area contributed by atoms with Crippen LogP contribution in [0.1, 0.15) is 35.1 Å². The maximum Gasteiger partial charge on any atom is 0.316 e. The predicted octanol–water partition coefficient (Wildman–Crippen LogP) is 0.716. The molecule has 1 atom stereocenters. The Balaban J connectivity index is 0.00000147. The molecule has 3 heterocycles. The van der Waals surface area contributed by atoms with E-state index in [1.165, 1.54) is 0 Å². The Morgan fingerprint density at radius 1 is 1.55 bits per heavy atom. The van der Waals surface area contributed by atoms with Gasteiger partial charge in [0.1, 0.15) is 11.6 Å². The van der Waals surface area contributed by atoms with Gasteiger partial charge in [0.25, 0.3) is 0 Å². The first-order valence-electron chi connectivity index (χ1n) is 6.72. The van der Waals surface area contributed by atoms with Gasteiger partial charge >= 0.3 is 5.97 Å².